The SMILES string of the molecule is O=NCC(=NNC(=O)c1cccc(Cl)n1)c1cccc(Cl)c1. The van der Waals surface area contributed by atoms with Gasteiger partial charge >= 0.3 is 0 Å². The van der Waals surface area contributed by atoms with Crippen molar-refractivity contribution in [2.45, 2.75) is 0 Å². The van der Waals surface area contributed by atoms with E-state index in [0.717, 1.165) is 0 Å². The maximum atomic E-state index is 11.9. The molecule has 1 heterocycles. The van der Waals surface area contributed by atoms with Crippen LogP contribution in [0.15, 0.2) is 52.7 Å². The molecule has 22 heavy (non-hydrogen) atoms. The van der Waals surface area contributed by atoms with E-state index in [2.05, 4.69) is 20.7 Å². The number of nitroso groups, excluding NO2 is 1. The smallest absolute Gasteiger partial charge is 0.266 e. The van der Waals surface area contributed by atoms with Gasteiger partial charge in [0.2, 0.25) is 0 Å². The largest absolute Gasteiger partial charge is 0.290 e. The van der Waals surface area contributed by atoms with Gasteiger partial charge in [-0.25, -0.2) is 10.4 Å². The summed E-state index contributed by atoms with van der Waals surface area (Å²) < 4.78 is 0. The lowest BCUT2D eigenvalue weighted by molar-refractivity contribution is 0.0950. The van der Waals surface area contributed by atoms with Gasteiger partial charge in [0.15, 0.2) is 0 Å². The molecule has 1 N–H and O–H groups in total. The molecule has 1 aromatic heterocycles. The topological polar surface area (TPSA) is 83.8 Å². The predicted octanol–water partition coefficient (Wildman–Crippen LogP) is 3.29. The number of pyridine rings is 1. The number of amides is 1. The van der Waals surface area contributed by atoms with Crippen LogP contribution in [0.5, 0.6) is 0 Å². The van der Waals surface area contributed by atoms with Crippen molar-refractivity contribution in [3.63, 3.8) is 0 Å². The Bertz CT molecular complexity index is 734. The van der Waals surface area contributed by atoms with E-state index in [-0.39, 0.29) is 23.1 Å². The molecule has 8 heteroatoms. The van der Waals surface area contributed by atoms with Gasteiger partial charge in [0.05, 0.1) is 5.71 Å². The number of nitrogens with one attached hydrogen (secondary N) is 1. The molecule has 0 fully saturated rings. The Labute approximate surface area is 136 Å². The van der Waals surface area contributed by atoms with Crippen LogP contribution in [-0.4, -0.2) is 23.1 Å². The van der Waals surface area contributed by atoms with E-state index in [1.54, 1.807) is 36.4 Å². The Morgan fingerprint density at radius 1 is 1.18 bits per heavy atom. The van der Waals surface area contributed by atoms with Gasteiger partial charge in [0, 0.05) is 10.6 Å². The minimum absolute atomic E-state index is 0.112. The summed E-state index contributed by atoms with van der Waals surface area (Å²) in [5.41, 5.74) is 3.30. The van der Waals surface area contributed by atoms with Crippen molar-refractivity contribution in [3.05, 3.63) is 68.8 Å². The van der Waals surface area contributed by atoms with Crippen molar-refractivity contribution in [1.82, 2.24) is 10.4 Å². The number of hydrazone groups is 1. The second-order valence-electron chi connectivity index (χ2n) is 4.14. The van der Waals surface area contributed by atoms with Crippen LogP contribution >= 0.6 is 23.2 Å². The molecular formula is C14H10Cl2N4O2. The van der Waals surface area contributed by atoms with Gasteiger partial charge in [0.1, 0.15) is 17.4 Å². The van der Waals surface area contributed by atoms with E-state index in [9.17, 15) is 9.70 Å². The summed E-state index contributed by atoms with van der Waals surface area (Å²) in [7, 11) is 0. The number of aromatic nitrogens is 1. The Balaban J connectivity index is 2.20. The molecule has 0 unspecified atom stereocenters. The first-order valence-electron chi connectivity index (χ1n) is 6.14. The monoisotopic (exact) mass is 336 g/mol. The third-order valence-electron chi connectivity index (χ3n) is 2.61. The molecule has 6 nitrogen and oxygen atoms in total. The zero-order chi connectivity index (χ0) is 15.9. The number of nitrogens with zero attached hydrogens (tertiary/aromatic N) is 3. The van der Waals surface area contributed by atoms with Gasteiger partial charge in [-0.1, -0.05) is 46.6 Å². The Kier molecular flexibility index (Phi) is 5.57. The summed E-state index contributed by atoms with van der Waals surface area (Å²) in [6.45, 7) is -0.205. The fourth-order valence-electron chi connectivity index (χ4n) is 1.63. The highest BCUT2D eigenvalue weighted by molar-refractivity contribution is 6.31. The first-order valence-corrected chi connectivity index (χ1v) is 6.90. The number of benzene rings is 1. The molecule has 0 saturated heterocycles. The molecule has 2 rings (SSSR count). The van der Waals surface area contributed by atoms with Crippen molar-refractivity contribution in [2.75, 3.05) is 6.54 Å². The van der Waals surface area contributed by atoms with Crippen LogP contribution in [0.25, 0.3) is 0 Å². The predicted molar refractivity (Wildman–Crippen MR) is 85.4 cm³/mol. The van der Waals surface area contributed by atoms with Crippen LogP contribution < -0.4 is 5.43 Å². The van der Waals surface area contributed by atoms with Crippen LogP contribution in [0.3, 0.4) is 0 Å². The zero-order valence-corrected chi connectivity index (χ0v) is 12.7. The second kappa shape index (κ2) is 7.63. The lowest BCUT2D eigenvalue weighted by atomic mass is 10.1. The Morgan fingerprint density at radius 3 is 2.64 bits per heavy atom. The number of hydrogen-bond acceptors (Lipinski definition) is 5. The van der Waals surface area contributed by atoms with Crippen LogP contribution in [0.4, 0.5) is 0 Å². The first kappa shape index (κ1) is 16.1. The molecule has 2 aromatic rings. The lowest BCUT2D eigenvalue weighted by Crippen LogP contribution is -2.22. The molecular weight excluding hydrogens is 327 g/mol. The number of carbonyl (C=O) groups is 1. The van der Waals surface area contributed by atoms with Crippen LogP contribution in [0, 0.1) is 4.91 Å². The highest BCUT2D eigenvalue weighted by Crippen LogP contribution is 2.12. The van der Waals surface area contributed by atoms with Crippen molar-refractivity contribution in [1.29, 1.82) is 0 Å². The van der Waals surface area contributed by atoms with Crippen LogP contribution in [-0.2, 0) is 0 Å². The highest BCUT2D eigenvalue weighted by atomic mass is 35.5. The van der Waals surface area contributed by atoms with Crippen molar-refractivity contribution in [3.8, 4) is 0 Å². The maximum absolute atomic E-state index is 11.9. The molecule has 0 spiro atoms. The summed E-state index contributed by atoms with van der Waals surface area (Å²) >= 11 is 11.6. The second-order valence-corrected chi connectivity index (χ2v) is 4.97. The van der Waals surface area contributed by atoms with E-state index >= 15 is 0 Å². The number of carbonyl (C=O) groups excluding carboxylic acids is 1. The van der Waals surface area contributed by atoms with Crippen molar-refractivity contribution < 1.29 is 4.79 Å². The minimum Gasteiger partial charge on any atom is -0.266 e. The third-order valence-corrected chi connectivity index (χ3v) is 3.06. The molecule has 1 amide bonds. The van der Waals surface area contributed by atoms with E-state index in [1.807, 2.05) is 0 Å². The molecule has 0 radical (unpaired) electrons. The third kappa shape index (κ3) is 4.34. The molecule has 0 bridgehead atoms. The molecule has 0 saturated carbocycles. The molecule has 0 aliphatic carbocycles. The van der Waals surface area contributed by atoms with E-state index in [1.165, 1.54) is 6.07 Å². The summed E-state index contributed by atoms with van der Waals surface area (Å²) in [4.78, 5) is 26.3. The van der Waals surface area contributed by atoms with Gasteiger partial charge < -0.3 is 0 Å². The number of rotatable bonds is 5. The quantitative estimate of drug-likeness (QED) is 0.393. The highest BCUT2D eigenvalue weighted by Gasteiger charge is 2.09. The average Bonchev–Trinajstić information content (AvgIpc) is 2.51. The van der Waals surface area contributed by atoms with Gasteiger partial charge in [0.25, 0.3) is 5.91 Å². The summed E-state index contributed by atoms with van der Waals surface area (Å²) in [5, 5.41) is 7.39. The first-order chi connectivity index (χ1) is 10.6. The minimum atomic E-state index is -0.548. The normalized spacial score (nSPS) is 11.1. The van der Waals surface area contributed by atoms with E-state index in [0.29, 0.717) is 10.6 Å². The van der Waals surface area contributed by atoms with Gasteiger partial charge in [-0.05, 0) is 24.3 Å². The van der Waals surface area contributed by atoms with E-state index < -0.39 is 5.91 Å². The molecule has 1 aromatic carbocycles. The number of halogens is 2. The summed E-state index contributed by atoms with van der Waals surface area (Å²) in [6, 6.07) is 11.4. The summed E-state index contributed by atoms with van der Waals surface area (Å²) in [5.74, 6) is -0.548. The van der Waals surface area contributed by atoms with Crippen LogP contribution in [0.1, 0.15) is 16.1 Å². The fourth-order valence-corrected chi connectivity index (χ4v) is 1.98. The van der Waals surface area contributed by atoms with Gasteiger partial charge in [-0.3, -0.25) is 4.79 Å². The lowest BCUT2D eigenvalue weighted by Gasteiger charge is -2.05. The van der Waals surface area contributed by atoms with Gasteiger partial charge in [-0.15, -0.1) is 0 Å². The summed E-state index contributed by atoms with van der Waals surface area (Å²) in [6.07, 6.45) is 0. The van der Waals surface area contributed by atoms with Crippen molar-refractivity contribution in [2.24, 2.45) is 10.3 Å². The average molecular weight is 337 g/mol. The molecule has 112 valence electrons. The molecule has 0 aliphatic heterocycles. The fraction of sp³-hybridized carbons (Fsp3) is 0.0714. The standard InChI is InChI=1S/C14H10Cl2N4O2/c15-10-4-1-3-9(7-10)12(8-17-22)19-20-14(21)11-5-2-6-13(16)18-11/h1-7H,8H2,(H,20,21). The van der Waals surface area contributed by atoms with Gasteiger partial charge in [-0.2, -0.15) is 10.0 Å². The van der Waals surface area contributed by atoms with Crippen LogP contribution in [0.2, 0.25) is 10.2 Å². The van der Waals surface area contributed by atoms with Crippen molar-refractivity contribution >= 4 is 34.8 Å². The van der Waals surface area contributed by atoms with E-state index in [4.69, 9.17) is 23.2 Å². The maximum Gasteiger partial charge on any atom is 0.290 e. The molecule has 0 atom stereocenters. The zero-order valence-electron chi connectivity index (χ0n) is 11.2. The Morgan fingerprint density at radius 2 is 1.95 bits per heavy atom. The Hall–Kier alpha value is -2.31. The number of hydrogen-bond donors (Lipinski definition) is 1. The molecule has 0 aliphatic rings.